The van der Waals surface area contributed by atoms with E-state index in [1.165, 1.54) is 19.3 Å². The third-order valence-electron chi connectivity index (χ3n) is 3.25. The van der Waals surface area contributed by atoms with Gasteiger partial charge in [-0.05, 0) is 37.0 Å². The standard InChI is InChI=1S/C13H15BrN2/c1-16(9-10-3-2-4-10)13-7-12(14)6-5-11(13)8-15/h5-7,10H,2-4,9H2,1H3. The van der Waals surface area contributed by atoms with Crippen LogP contribution < -0.4 is 4.90 Å². The lowest BCUT2D eigenvalue weighted by Gasteiger charge is -2.31. The molecule has 1 aliphatic rings. The van der Waals surface area contributed by atoms with Crippen molar-refractivity contribution in [1.29, 1.82) is 5.26 Å². The molecule has 84 valence electrons. The second-order valence-corrected chi connectivity index (χ2v) is 5.37. The van der Waals surface area contributed by atoms with Gasteiger partial charge < -0.3 is 4.90 Å². The van der Waals surface area contributed by atoms with Crippen molar-refractivity contribution in [1.82, 2.24) is 0 Å². The molecule has 0 aromatic heterocycles. The molecule has 1 aromatic rings. The number of hydrogen-bond donors (Lipinski definition) is 0. The Morgan fingerprint density at radius 1 is 1.50 bits per heavy atom. The van der Waals surface area contributed by atoms with Gasteiger partial charge >= 0.3 is 0 Å². The van der Waals surface area contributed by atoms with Crippen LogP contribution in [0.4, 0.5) is 5.69 Å². The number of benzene rings is 1. The van der Waals surface area contributed by atoms with Crippen LogP contribution in [-0.4, -0.2) is 13.6 Å². The van der Waals surface area contributed by atoms with E-state index < -0.39 is 0 Å². The number of hydrogen-bond acceptors (Lipinski definition) is 2. The lowest BCUT2D eigenvalue weighted by molar-refractivity contribution is 0.321. The minimum atomic E-state index is 0.755. The molecule has 0 aliphatic heterocycles. The summed E-state index contributed by atoms with van der Waals surface area (Å²) in [5.41, 5.74) is 1.79. The molecule has 1 aromatic carbocycles. The van der Waals surface area contributed by atoms with E-state index in [1.54, 1.807) is 0 Å². The zero-order valence-electron chi connectivity index (χ0n) is 9.41. The molecule has 0 atom stereocenters. The van der Waals surface area contributed by atoms with Crippen molar-refractivity contribution in [2.24, 2.45) is 5.92 Å². The Morgan fingerprint density at radius 2 is 2.25 bits per heavy atom. The van der Waals surface area contributed by atoms with Crippen LogP contribution in [0, 0.1) is 17.2 Å². The summed E-state index contributed by atoms with van der Waals surface area (Å²) in [6.07, 6.45) is 4.03. The molecule has 1 saturated carbocycles. The van der Waals surface area contributed by atoms with Crippen molar-refractivity contribution >= 4 is 21.6 Å². The van der Waals surface area contributed by atoms with Crippen molar-refractivity contribution in [2.75, 3.05) is 18.5 Å². The highest BCUT2D eigenvalue weighted by Crippen LogP contribution is 2.30. The van der Waals surface area contributed by atoms with Gasteiger partial charge in [0.2, 0.25) is 0 Å². The highest BCUT2D eigenvalue weighted by molar-refractivity contribution is 9.10. The first-order valence-corrected chi connectivity index (χ1v) is 6.41. The third-order valence-corrected chi connectivity index (χ3v) is 3.74. The zero-order valence-corrected chi connectivity index (χ0v) is 11.0. The fourth-order valence-electron chi connectivity index (χ4n) is 2.08. The Labute approximate surface area is 105 Å². The van der Waals surface area contributed by atoms with E-state index in [-0.39, 0.29) is 0 Å². The fraction of sp³-hybridized carbons (Fsp3) is 0.462. The number of halogens is 1. The second kappa shape index (κ2) is 4.88. The van der Waals surface area contributed by atoms with E-state index in [4.69, 9.17) is 5.26 Å². The summed E-state index contributed by atoms with van der Waals surface area (Å²) in [6.45, 7) is 1.06. The maximum Gasteiger partial charge on any atom is 0.101 e. The molecule has 2 nitrogen and oxygen atoms in total. The topological polar surface area (TPSA) is 27.0 Å². The first kappa shape index (κ1) is 11.5. The summed E-state index contributed by atoms with van der Waals surface area (Å²) in [5.74, 6) is 0.815. The molecule has 2 rings (SSSR count). The van der Waals surface area contributed by atoms with Gasteiger partial charge in [0.15, 0.2) is 0 Å². The molecular weight excluding hydrogens is 264 g/mol. The third kappa shape index (κ3) is 2.38. The van der Waals surface area contributed by atoms with Gasteiger partial charge in [-0.1, -0.05) is 22.4 Å². The average Bonchev–Trinajstić information content (AvgIpc) is 2.23. The van der Waals surface area contributed by atoms with Gasteiger partial charge in [0.1, 0.15) is 6.07 Å². The zero-order chi connectivity index (χ0) is 11.5. The maximum atomic E-state index is 9.07. The van der Waals surface area contributed by atoms with Crippen molar-refractivity contribution in [3.8, 4) is 6.07 Å². The van der Waals surface area contributed by atoms with E-state index in [9.17, 15) is 0 Å². The predicted molar refractivity (Wildman–Crippen MR) is 69.5 cm³/mol. The highest BCUT2D eigenvalue weighted by atomic mass is 79.9. The Hall–Kier alpha value is -1.01. The molecule has 0 bridgehead atoms. The molecule has 1 aliphatic carbocycles. The van der Waals surface area contributed by atoms with Crippen LogP contribution in [-0.2, 0) is 0 Å². The minimum absolute atomic E-state index is 0.755. The van der Waals surface area contributed by atoms with Crippen molar-refractivity contribution in [2.45, 2.75) is 19.3 Å². The van der Waals surface area contributed by atoms with Crippen molar-refractivity contribution in [3.63, 3.8) is 0 Å². The average molecular weight is 279 g/mol. The SMILES string of the molecule is CN(CC1CCC1)c1cc(Br)ccc1C#N. The maximum absolute atomic E-state index is 9.07. The van der Waals surface area contributed by atoms with Gasteiger partial charge in [-0.15, -0.1) is 0 Å². The highest BCUT2D eigenvalue weighted by Gasteiger charge is 2.20. The molecule has 16 heavy (non-hydrogen) atoms. The predicted octanol–water partition coefficient (Wildman–Crippen LogP) is 3.56. The van der Waals surface area contributed by atoms with Crippen LogP contribution in [0.15, 0.2) is 22.7 Å². The quantitative estimate of drug-likeness (QED) is 0.846. The lowest BCUT2D eigenvalue weighted by atomic mass is 9.85. The van der Waals surface area contributed by atoms with Crippen LogP contribution in [0.25, 0.3) is 0 Å². The summed E-state index contributed by atoms with van der Waals surface area (Å²) in [4.78, 5) is 2.20. The molecule has 0 saturated heterocycles. The van der Waals surface area contributed by atoms with Crippen LogP contribution >= 0.6 is 15.9 Å². The summed E-state index contributed by atoms with van der Waals surface area (Å²) < 4.78 is 1.03. The Kier molecular flexibility index (Phi) is 3.50. The van der Waals surface area contributed by atoms with Crippen LogP contribution in [0.5, 0.6) is 0 Å². The Balaban J connectivity index is 2.17. The lowest BCUT2D eigenvalue weighted by Crippen LogP contribution is -2.29. The second-order valence-electron chi connectivity index (χ2n) is 4.45. The van der Waals surface area contributed by atoms with Crippen LogP contribution in [0.2, 0.25) is 0 Å². The van der Waals surface area contributed by atoms with E-state index in [1.807, 2.05) is 18.2 Å². The van der Waals surface area contributed by atoms with E-state index in [0.29, 0.717) is 0 Å². The summed E-state index contributed by atoms with van der Waals surface area (Å²) in [6, 6.07) is 8.06. The van der Waals surface area contributed by atoms with Gasteiger partial charge in [0.25, 0.3) is 0 Å². The molecule has 0 radical (unpaired) electrons. The summed E-state index contributed by atoms with van der Waals surface area (Å²) in [5, 5.41) is 9.07. The normalized spacial score (nSPS) is 15.3. The van der Waals surface area contributed by atoms with E-state index >= 15 is 0 Å². The van der Waals surface area contributed by atoms with Crippen molar-refractivity contribution in [3.05, 3.63) is 28.2 Å². The monoisotopic (exact) mass is 278 g/mol. The molecule has 1 fully saturated rings. The first-order valence-electron chi connectivity index (χ1n) is 5.61. The van der Waals surface area contributed by atoms with Crippen LogP contribution in [0.3, 0.4) is 0 Å². The van der Waals surface area contributed by atoms with Gasteiger partial charge in [-0.25, -0.2) is 0 Å². The Bertz CT molecular complexity index is 418. The summed E-state index contributed by atoms with van der Waals surface area (Å²) in [7, 11) is 2.07. The van der Waals surface area contributed by atoms with E-state index in [0.717, 1.165) is 28.2 Å². The van der Waals surface area contributed by atoms with Gasteiger partial charge in [0.05, 0.1) is 11.3 Å². The Morgan fingerprint density at radius 3 is 2.81 bits per heavy atom. The molecule has 0 unspecified atom stereocenters. The van der Waals surface area contributed by atoms with Crippen molar-refractivity contribution < 1.29 is 0 Å². The molecule has 0 amide bonds. The van der Waals surface area contributed by atoms with Gasteiger partial charge in [-0.2, -0.15) is 5.26 Å². The fourth-order valence-corrected chi connectivity index (χ4v) is 2.43. The first-order chi connectivity index (χ1) is 7.70. The molecule has 0 heterocycles. The smallest absolute Gasteiger partial charge is 0.101 e. The molecular formula is C13H15BrN2. The number of nitrogens with zero attached hydrogens (tertiary/aromatic N) is 2. The molecule has 0 N–H and O–H groups in total. The minimum Gasteiger partial charge on any atom is -0.373 e. The number of nitriles is 1. The van der Waals surface area contributed by atoms with Crippen LogP contribution in [0.1, 0.15) is 24.8 Å². The molecule has 0 spiro atoms. The summed E-state index contributed by atoms with van der Waals surface area (Å²) >= 11 is 3.45. The molecule has 3 heteroatoms. The number of anilines is 1. The van der Waals surface area contributed by atoms with Gasteiger partial charge in [-0.3, -0.25) is 0 Å². The van der Waals surface area contributed by atoms with E-state index in [2.05, 4.69) is 33.9 Å². The number of rotatable bonds is 3. The largest absolute Gasteiger partial charge is 0.373 e. The van der Waals surface area contributed by atoms with Gasteiger partial charge in [0, 0.05) is 18.1 Å².